The average Bonchev–Trinajstić information content (AvgIpc) is 2.92. The molecule has 1 heterocycles. The van der Waals surface area contributed by atoms with Gasteiger partial charge in [0.05, 0.1) is 9.82 Å². The van der Waals surface area contributed by atoms with Crippen LogP contribution in [0.1, 0.15) is 21.5 Å². The molecule has 0 atom stereocenters. The number of nitro groups is 1. The molecular formula is C27H29FN4O5S. The molecule has 38 heavy (non-hydrogen) atoms. The Kier molecular flexibility index (Phi) is 8.50. The smallest absolute Gasteiger partial charge is 0.269 e. The Bertz CT molecular complexity index is 1390. The molecule has 11 heteroatoms. The molecule has 4 rings (SSSR count). The van der Waals surface area contributed by atoms with Gasteiger partial charge in [0.25, 0.3) is 11.6 Å². The van der Waals surface area contributed by atoms with E-state index < -0.39 is 14.9 Å². The van der Waals surface area contributed by atoms with Gasteiger partial charge in [-0.3, -0.25) is 19.8 Å². The van der Waals surface area contributed by atoms with Gasteiger partial charge in [-0.05, 0) is 48.4 Å². The van der Waals surface area contributed by atoms with Crippen molar-refractivity contribution in [2.75, 3.05) is 39.3 Å². The van der Waals surface area contributed by atoms with E-state index in [1.807, 2.05) is 25.1 Å². The second kappa shape index (κ2) is 11.8. The van der Waals surface area contributed by atoms with Crippen LogP contribution in [0.5, 0.6) is 0 Å². The summed E-state index contributed by atoms with van der Waals surface area (Å²) in [6, 6.07) is 18.3. The Labute approximate surface area is 221 Å². The molecule has 1 saturated heterocycles. The fourth-order valence-electron chi connectivity index (χ4n) is 4.39. The molecule has 1 aliphatic heterocycles. The number of carbonyl (C=O) groups is 1. The van der Waals surface area contributed by atoms with Gasteiger partial charge in [0.2, 0.25) is 10.0 Å². The lowest BCUT2D eigenvalue weighted by Gasteiger charge is -2.35. The summed E-state index contributed by atoms with van der Waals surface area (Å²) in [6.07, 6.45) is 0. The minimum atomic E-state index is -3.77. The zero-order chi connectivity index (χ0) is 27.3. The maximum atomic E-state index is 13.4. The predicted molar refractivity (Wildman–Crippen MR) is 141 cm³/mol. The van der Waals surface area contributed by atoms with Crippen LogP contribution < -0.4 is 0 Å². The molecule has 0 N–H and O–H groups in total. The third-order valence-electron chi connectivity index (χ3n) is 6.65. The maximum absolute atomic E-state index is 13.4. The molecule has 0 aliphatic carbocycles. The molecule has 0 unspecified atom stereocenters. The molecule has 9 nitrogen and oxygen atoms in total. The summed E-state index contributed by atoms with van der Waals surface area (Å²) in [7, 11) is -3.77. The quantitative estimate of drug-likeness (QED) is 0.303. The molecule has 0 bridgehead atoms. The lowest BCUT2D eigenvalue weighted by molar-refractivity contribution is -0.384. The summed E-state index contributed by atoms with van der Waals surface area (Å²) < 4.78 is 40.8. The molecule has 200 valence electrons. The van der Waals surface area contributed by atoms with E-state index in [4.69, 9.17) is 0 Å². The average molecular weight is 541 g/mol. The Hall–Kier alpha value is -3.67. The van der Waals surface area contributed by atoms with Crippen LogP contribution in [-0.4, -0.2) is 72.6 Å². The first-order valence-electron chi connectivity index (χ1n) is 12.2. The fraction of sp³-hybridized carbons (Fsp3) is 0.296. The summed E-state index contributed by atoms with van der Waals surface area (Å²) in [5.74, 6) is -0.459. The maximum Gasteiger partial charge on any atom is 0.269 e. The first-order chi connectivity index (χ1) is 18.1. The van der Waals surface area contributed by atoms with Gasteiger partial charge in [-0.15, -0.1) is 0 Å². The highest BCUT2D eigenvalue weighted by molar-refractivity contribution is 7.89. The van der Waals surface area contributed by atoms with Crippen LogP contribution in [0, 0.1) is 22.9 Å². The van der Waals surface area contributed by atoms with Crippen molar-refractivity contribution in [2.24, 2.45) is 0 Å². The van der Waals surface area contributed by atoms with Gasteiger partial charge in [-0.1, -0.05) is 30.3 Å². The van der Waals surface area contributed by atoms with Crippen LogP contribution in [-0.2, 0) is 16.6 Å². The van der Waals surface area contributed by atoms with Gasteiger partial charge in [-0.25, -0.2) is 12.8 Å². The standard InChI is InChI=1S/C27H29FN4O5S/c1-21-4-2-3-5-26(21)27(33)30(20-22-6-8-23(28)9-7-22)17-14-29-15-18-31(19-16-29)38(36,37)25-12-10-24(11-13-25)32(34)35/h2-13H,14-20H2,1H3. The number of amides is 1. The number of nitro benzene ring substituents is 1. The Morgan fingerprint density at radius 3 is 2.21 bits per heavy atom. The lowest BCUT2D eigenvalue weighted by atomic mass is 10.1. The molecule has 3 aromatic carbocycles. The number of sulfonamides is 1. The van der Waals surface area contributed by atoms with Crippen LogP contribution in [0.2, 0.25) is 0 Å². The monoisotopic (exact) mass is 540 g/mol. The third kappa shape index (κ3) is 6.42. The summed E-state index contributed by atoms with van der Waals surface area (Å²) >= 11 is 0. The number of rotatable bonds is 9. The van der Waals surface area contributed by atoms with Gasteiger partial charge in [-0.2, -0.15) is 4.31 Å². The number of hydrogen-bond donors (Lipinski definition) is 0. The van der Waals surface area contributed by atoms with Crippen molar-refractivity contribution >= 4 is 21.6 Å². The van der Waals surface area contributed by atoms with Crippen molar-refractivity contribution in [1.82, 2.24) is 14.1 Å². The first-order valence-corrected chi connectivity index (χ1v) is 13.7. The van der Waals surface area contributed by atoms with Crippen LogP contribution in [0.25, 0.3) is 0 Å². The van der Waals surface area contributed by atoms with Crippen LogP contribution in [0.4, 0.5) is 10.1 Å². The van der Waals surface area contributed by atoms with E-state index in [0.717, 1.165) is 11.1 Å². The highest BCUT2D eigenvalue weighted by Gasteiger charge is 2.29. The van der Waals surface area contributed by atoms with Gasteiger partial charge < -0.3 is 4.90 Å². The Balaban J connectivity index is 1.40. The molecule has 0 saturated carbocycles. The van der Waals surface area contributed by atoms with Crippen molar-refractivity contribution in [3.63, 3.8) is 0 Å². The topological polar surface area (TPSA) is 104 Å². The predicted octanol–water partition coefficient (Wildman–Crippen LogP) is 3.69. The van der Waals surface area contributed by atoms with Crippen molar-refractivity contribution in [2.45, 2.75) is 18.4 Å². The molecule has 0 spiro atoms. The SMILES string of the molecule is Cc1ccccc1C(=O)N(CCN1CCN(S(=O)(=O)c2ccc([N+](=O)[O-])cc2)CC1)Cc1ccc(F)cc1. The molecule has 1 amide bonds. The largest absolute Gasteiger partial charge is 0.333 e. The summed E-state index contributed by atoms with van der Waals surface area (Å²) in [4.78, 5) is 27.6. The first kappa shape index (κ1) is 27.4. The number of non-ortho nitro benzene ring substituents is 1. The zero-order valence-electron chi connectivity index (χ0n) is 21.0. The van der Waals surface area contributed by atoms with Gasteiger partial charge in [0.1, 0.15) is 5.82 Å². The zero-order valence-corrected chi connectivity index (χ0v) is 21.8. The van der Waals surface area contributed by atoms with E-state index in [-0.39, 0.29) is 35.4 Å². The number of carbonyl (C=O) groups excluding carboxylic acids is 1. The molecule has 0 radical (unpaired) electrons. The van der Waals surface area contributed by atoms with Crippen LogP contribution >= 0.6 is 0 Å². The van der Waals surface area contributed by atoms with Gasteiger partial charge >= 0.3 is 0 Å². The van der Waals surface area contributed by atoms with Crippen LogP contribution in [0.3, 0.4) is 0 Å². The Morgan fingerprint density at radius 1 is 0.974 bits per heavy atom. The third-order valence-corrected chi connectivity index (χ3v) is 8.56. The van der Waals surface area contributed by atoms with Crippen molar-refractivity contribution in [3.8, 4) is 0 Å². The minimum absolute atomic E-state index is 0.0193. The second-order valence-corrected chi connectivity index (χ2v) is 11.1. The second-order valence-electron chi connectivity index (χ2n) is 9.16. The Morgan fingerprint density at radius 2 is 1.61 bits per heavy atom. The van der Waals surface area contributed by atoms with E-state index in [0.29, 0.717) is 38.3 Å². The van der Waals surface area contributed by atoms with E-state index in [1.165, 1.54) is 40.7 Å². The highest BCUT2D eigenvalue weighted by Crippen LogP contribution is 2.21. The number of piperazine rings is 1. The summed E-state index contributed by atoms with van der Waals surface area (Å²) in [6.45, 7) is 4.66. The number of benzene rings is 3. The summed E-state index contributed by atoms with van der Waals surface area (Å²) in [5.41, 5.74) is 2.12. The lowest BCUT2D eigenvalue weighted by Crippen LogP contribution is -2.50. The van der Waals surface area contributed by atoms with E-state index in [9.17, 15) is 27.7 Å². The number of nitrogens with zero attached hydrogens (tertiary/aromatic N) is 4. The molecule has 1 fully saturated rings. The van der Waals surface area contributed by atoms with Gasteiger partial charge in [0, 0.05) is 63.5 Å². The number of halogens is 1. The number of aryl methyl sites for hydroxylation is 1. The molecular weight excluding hydrogens is 511 g/mol. The minimum Gasteiger partial charge on any atom is -0.333 e. The van der Waals surface area contributed by atoms with Crippen LogP contribution in [0.15, 0.2) is 77.7 Å². The molecule has 0 aromatic heterocycles. The van der Waals surface area contributed by atoms with Crippen molar-refractivity contribution < 1.29 is 22.5 Å². The van der Waals surface area contributed by atoms with E-state index in [2.05, 4.69) is 4.90 Å². The van der Waals surface area contributed by atoms with Crippen molar-refractivity contribution in [3.05, 3.63) is 105 Å². The van der Waals surface area contributed by atoms with E-state index in [1.54, 1.807) is 23.1 Å². The van der Waals surface area contributed by atoms with Gasteiger partial charge in [0.15, 0.2) is 0 Å². The van der Waals surface area contributed by atoms with E-state index >= 15 is 0 Å². The fourth-order valence-corrected chi connectivity index (χ4v) is 5.81. The summed E-state index contributed by atoms with van der Waals surface area (Å²) in [5, 5.41) is 10.9. The molecule has 3 aromatic rings. The highest BCUT2D eigenvalue weighted by atomic mass is 32.2. The molecule has 1 aliphatic rings. The number of hydrogen-bond acceptors (Lipinski definition) is 6. The normalized spacial score (nSPS) is 14.8. The van der Waals surface area contributed by atoms with Crippen molar-refractivity contribution in [1.29, 1.82) is 0 Å².